The Morgan fingerprint density at radius 2 is 1.78 bits per heavy atom. The van der Waals surface area contributed by atoms with Gasteiger partial charge in [-0.15, -0.1) is 0 Å². The predicted octanol–water partition coefficient (Wildman–Crippen LogP) is 3.41. The van der Waals surface area contributed by atoms with Crippen LogP contribution in [0.2, 0.25) is 0 Å². The van der Waals surface area contributed by atoms with Crippen molar-refractivity contribution in [3.63, 3.8) is 0 Å². The fourth-order valence-electron chi connectivity index (χ4n) is 1.84. The molecule has 0 radical (unpaired) electrons. The number of carbonyl (C=O) groups excluding carboxylic acids is 1. The smallest absolute Gasteiger partial charge is 0.267 e. The molecule has 0 aliphatic carbocycles. The fraction of sp³-hybridized carbons (Fsp3) is 0.0588. The van der Waals surface area contributed by atoms with Crippen molar-refractivity contribution in [2.45, 2.75) is 6.92 Å². The van der Waals surface area contributed by atoms with Gasteiger partial charge in [0.2, 0.25) is 0 Å². The van der Waals surface area contributed by atoms with E-state index in [1.54, 1.807) is 0 Å². The molecule has 0 spiro atoms. The van der Waals surface area contributed by atoms with Gasteiger partial charge in [0.1, 0.15) is 0 Å². The molecule has 0 aromatic heterocycles. The van der Waals surface area contributed by atoms with Gasteiger partial charge in [-0.3, -0.25) is 14.9 Å². The molecule has 6 nitrogen and oxygen atoms in total. The van der Waals surface area contributed by atoms with E-state index in [1.807, 2.05) is 43.3 Å². The molecule has 0 atom stereocenters. The summed E-state index contributed by atoms with van der Waals surface area (Å²) in [7, 11) is 0. The predicted molar refractivity (Wildman–Crippen MR) is 89.1 cm³/mol. The van der Waals surface area contributed by atoms with E-state index in [9.17, 15) is 14.9 Å². The summed E-state index contributed by atoms with van der Waals surface area (Å²) < 4.78 is 0. The SMILES string of the molecule is C/C(C=NNC(=O)c1ccc([N+](=O)[O-])cc1)=C\c1ccccc1. The molecule has 0 bridgehead atoms. The fourth-order valence-corrected chi connectivity index (χ4v) is 1.84. The number of nitro benzene ring substituents is 1. The molecule has 0 heterocycles. The molecule has 0 saturated heterocycles. The molecule has 1 amide bonds. The molecule has 2 aromatic carbocycles. The standard InChI is InChI=1S/C17H15N3O3/c1-13(11-14-5-3-2-4-6-14)12-18-19-17(21)15-7-9-16(10-8-15)20(22)23/h2-12H,1H3,(H,19,21)/b13-11+,18-12?. The average molecular weight is 309 g/mol. The summed E-state index contributed by atoms with van der Waals surface area (Å²) in [5.41, 5.74) is 4.54. The van der Waals surface area contributed by atoms with Crippen LogP contribution in [-0.4, -0.2) is 17.0 Å². The van der Waals surface area contributed by atoms with Crippen molar-refractivity contribution in [2.75, 3.05) is 0 Å². The third kappa shape index (κ3) is 4.89. The zero-order chi connectivity index (χ0) is 16.7. The van der Waals surface area contributed by atoms with Gasteiger partial charge >= 0.3 is 0 Å². The minimum atomic E-state index is -0.516. The van der Waals surface area contributed by atoms with Gasteiger partial charge in [0.25, 0.3) is 11.6 Å². The summed E-state index contributed by atoms with van der Waals surface area (Å²) in [6, 6.07) is 15.1. The van der Waals surface area contributed by atoms with Crippen molar-refractivity contribution in [1.29, 1.82) is 0 Å². The van der Waals surface area contributed by atoms with Gasteiger partial charge in [0.05, 0.1) is 11.1 Å². The number of hydrogen-bond donors (Lipinski definition) is 1. The minimum absolute atomic E-state index is 0.0632. The Bertz CT molecular complexity index is 750. The molecule has 0 fully saturated rings. The van der Waals surface area contributed by atoms with Gasteiger partial charge in [0, 0.05) is 17.7 Å². The van der Waals surface area contributed by atoms with E-state index in [1.165, 1.54) is 30.5 Å². The van der Waals surface area contributed by atoms with Crippen LogP contribution in [0.1, 0.15) is 22.8 Å². The Labute approximate surface area is 133 Å². The van der Waals surface area contributed by atoms with Crippen LogP contribution < -0.4 is 5.43 Å². The Balaban J connectivity index is 1.95. The topological polar surface area (TPSA) is 84.6 Å². The number of rotatable bonds is 5. The zero-order valence-corrected chi connectivity index (χ0v) is 12.5. The number of hydrazone groups is 1. The Morgan fingerprint density at radius 3 is 2.39 bits per heavy atom. The maximum absolute atomic E-state index is 11.9. The van der Waals surface area contributed by atoms with Crippen LogP contribution in [0.5, 0.6) is 0 Å². The summed E-state index contributed by atoms with van der Waals surface area (Å²) in [5, 5.41) is 14.4. The first-order valence-corrected chi connectivity index (χ1v) is 6.87. The van der Waals surface area contributed by atoms with E-state index in [0.717, 1.165) is 11.1 Å². The number of carbonyl (C=O) groups is 1. The molecule has 1 N–H and O–H groups in total. The first-order valence-electron chi connectivity index (χ1n) is 6.87. The lowest BCUT2D eigenvalue weighted by atomic mass is 10.1. The third-order valence-electron chi connectivity index (χ3n) is 2.97. The first-order chi connectivity index (χ1) is 11.1. The highest BCUT2D eigenvalue weighted by atomic mass is 16.6. The summed E-state index contributed by atoms with van der Waals surface area (Å²) >= 11 is 0. The lowest BCUT2D eigenvalue weighted by Gasteiger charge is -1.99. The number of amides is 1. The molecule has 0 aliphatic rings. The minimum Gasteiger partial charge on any atom is -0.267 e. The van der Waals surface area contributed by atoms with E-state index >= 15 is 0 Å². The molecular formula is C17H15N3O3. The second-order valence-corrected chi connectivity index (χ2v) is 4.80. The van der Waals surface area contributed by atoms with Crippen molar-refractivity contribution in [3.8, 4) is 0 Å². The van der Waals surface area contributed by atoms with Gasteiger partial charge < -0.3 is 0 Å². The largest absolute Gasteiger partial charge is 0.271 e. The highest BCUT2D eigenvalue weighted by Crippen LogP contribution is 2.11. The van der Waals surface area contributed by atoms with E-state index in [-0.39, 0.29) is 5.69 Å². The van der Waals surface area contributed by atoms with Crippen LogP contribution in [0.4, 0.5) is 5.69 Å². The van der Waals surface area contributed by atoms with Crippen molar-refractivity contribution in [1.82, 2.24) is 5.43 Å². The number of benzene rings is 2. The average Bonchev–Trinajstić information content (AvgIpc) is 2.55. The zero-order valence-electron chi connectivity index (χ0n) is 12.5. The van der Waals surface area contributed by atoms with Crippen LogP contribution in [0.15, 0.2) is 65.3 Å². The highest BCUT2D eigenvalue weighted by molar-refractivity contribution is 5.95. The van der Waals surface area contributed by atoms with Crippen molar-refractivity contribution >= 4 is 23.9 Å². The van der Waals surface area contributed by atoms with E-state index in [0.29, 0.717) is 5.56 Å². The van der Waals surface area contributed by atoms with Gasteiger partial charge in [-0.25, -0.2) is 5.43 Å². The molecule has 116 valence electrons. The molecule has 0 saturated carbocycles. The van der Waals surface area contributed by atoms with E-state index in [4.69, 9.17) is 0 Å². The van der Waals surface area contributed by atoms with Crippen LogP contribution in [0.25, 0.3) is 6.08 Å². The quantitative estimate of drug-likeness (QED) is 0.522. The number of allylic oxidation sites excluding steroid dienone is 1. The molecule has 2 rings (SSSR count). The van der Waals surface area contributed by atoms with Gasteiger partial charge in [0.15, 0.2) is 0 Å². The second kappa shape index (κ2) is 7.65. The van der Waals surface area contributed by atoms with Gasteiger partial charge in [-0.2, -0.15) is 5.10 Å². The first kappa shape index (κ1) is 16.1. The summed E-state index contributed by atoms with van der Waals surface area (Å²) in [5.74, 6) is -0.427. The van der Waals surface area contributed by atoms with Crippen LogP contribution >= 0.6 is 0 Å². The Hall–Kier alpha value is -3.28. The Morgan fingerprint density at radius 1 is 1.13 bits per heavy atom. The molecular weight excluding hydrogens is 294 g/mol. The molecule has 0 aliphatic heterocycles. The van der Waals surface area contributed by atoms with Crippen molar-refractivity contribution in [3.05, 3.63) is 81.4 Å². The lowest BCUT2D eigenvalue weighted by molar-refractivity contribution is -0.384. The van der Waals surface area contributed by atoms with Crippen LogP contribution in [0, 0.1) is 10.1 Å². The molecule has 2 aromatic rings. The van der Waals surface area contributed by atoms with E-state index in [2.05, 4.69) is 10.5 Å². The highest BCUT2D eigenvalue weighted by Gasteiger charge is 2.08. The monoisotopic (exact) mass is 309 g/mol. The van der Waals surface area contributed by atoms with Crippen molar-refractivity contribution in [2.24, 2.45) is 5.10 Å². The number of hydrogen-bond acceptors (Lipinski definition) is 4. The summed E-state index contributed by atoms with van der Waals surface area (Å²) in [6.07, 6.45) is 3.47. The number of non-ortho nitro benzene ring substituents is 1. The lowest BCUT2D eigenvalue weighted by Crippen LogP contribution is -2.17. The van der Waals surface area contributed by atoms with Crippen LogP contribution in [-0.2, 0) is 0 Å². The number of nitro groups is 1. The number of nitrogens with one attached hydrogen (secondary N) is 1. The second-order valence-electron chi connectivity index (χ2n) is 4.80. The normalized spacial score (nSPS) is 11.4. The molecule has 23 heavy (non-hydrogen) atoms. The molecule has 0 unspecified atom stereocenters. The van der Waals surface area contributed by atoms with Gasteiger partial charge in [-0.1, -0.05) is 36.4 Å². The summed E-state index contributed by atoms with van der Waals surface area (Å²) in [4.78, 5) is 21.9. The Kier molecular flexibility index (Phi) is 5.35. The van der Waals surface area contributed by atoms with Crippen LogP contribution in [0.3, 0.4) is 0 Å². The van der Waals surface area contributed by atoms with Crippen molar-refractivity contribution < 1.29 is 9.72 Å². The van der Waals surface area contributed by atoms with E-state index < -0.39 is 10.8 Å². The van der Waals surface area contributed by atoms with Gasteiger partial charge in [-0.05, 0) is 30.2 Å². The molecule has 6 heteroatoms. The third-order valence-corrected chi connectivity index (χ3v) is 2.97. The summed E-state index contributed by atoms with van der Waals surface area (Å²) in [6.45, 7) is 1.87. The maximum Gasteiger partial charge on any atom is 0.271 e. The number of nitrogens with zero attached hydrogens (tertiary/aromatic N) is 2. The maximum atomic E-state index is 11.9.